The highest BCUT2D eigenvalue weighted by molar-refractivity contribution is 5.67. The topological polar surface area (TPSA) is 85.2 Å². The summed E-state index contributed by atoms with van der Waals surface area (Å²) in [6.45, 7) is 4.43. The van der Waals surface area contributed by atoms with Gasteiger partial charge in [-0.2, -0.15) is 14.6 Å². The smallest absolute Gasteiger partial charge is 0.246 e. The zero-order valence-electron chi connectivity index (χ0n) is 11.6. The lowest BCUT2D eigenvalue weighted by Crippen LogP contribution is -2.18. The van der Waals surface area contributed by atoms with Crippen molar-refractivity contribution in [2.75, 3.05) is 11.9 Å². The molecule has 104 valence electrons. The first-order valence-corrected chi connectivity index (χ1v) is 6.37. The fourth-order valence-corrected chi connectivity index (χ4v) is 2.00. The molecule has 3 aromatic rings. The maximum atomic E-state index is 5.21. The molecule has 0 radical (unpaired) electrons. The van der Waals surface area contributed by atoms with Crippen molar-refractivity contribution in [2.45, 2.75) is 26.8 Å². The number of rotatable bonds is 4. The molecule has 0 bridgehead atoms. The molecule has 0 spiro atoms. The van der Waals surface area contributed by atoms with Crippen LogP contribution in [0, 0.1) is 6.92 Å². The van der Waals surface area contributed by atoms with E-state index in [0.29, 0.717) is 23.9 Å². The Hall–Kier alpha value is -2.51. The minimum Gasteiger partial charge on any atom is -0.362 e. The van der Waals surface area contributed by atoms with Crippen LogP contribution in [-0.2, 0) is 13.0 Å². The van der Waals surface area contributed by atoms with Gasteiger partial charge >= 0.3 is 0 Å². The third kappa shape index (κ3) is 2.20. The molecule has 0 aliphatic carbocycles. The van der Waals surface area contributed by atoms with Gasteiger partial charge in [0.05, 0.1) is 17.9 Å². The number of hydrogen-bond acceptors (Lipinski definition) is 7. The van der Waals surface area contributed by atoms with Crippen molar-refractivity contribution in [3.8, 4) is 0 Å². The highest BCUT2D eigenvalue weighted by Crippen LogP contribution is 2.20. The molecule has 3 rings (SSSR count). The number of hydrogen-bond donors (Lipinski definition) is 0. The molecule has 0 fully saturated rings. The highest BCUT2D eigenvalue weighted by atomic mass is 16.5. The van der Waals surface area contributed by atoms with Crippen LogP contribution >= 0.6 is 0 Å². The van der Waals surface area contributed by atoms with Crippen molar-refractivity contribution in [1.29, 1.82) is 0 Å². The summed E-state index contributed by atoms with van der Waals surface area (Å²) in [5.74, 6) is 1.29. The number of aryl methyl sites for hydroxylation is 2. The molecule has 0 aliphatic heterocycles. The second-order valence-corrected chi connectivity index (χ2v) is 4.58. The molecule has 0 unspecified atom stereocenters. The molecule has 20 heavy (non-hydrogen) atoms. The molecule has 0 saturated heterocycles. The lowest BCUT2D eigenvalue weighted by Gasteiger charge is -2.17. The Kier molecular flexibility index (Phi) is 3.05. The third-order valence-corrected chi connectivity index (χ3v) is 2.98. The lowest BCUT2D eigenvalue weighted by atomic mass is 10.3. The van der Waals surface area contributed by atoms with Crippen LogP contribution in [0.1, 0.15) is 24.3 Å². The summed E-state index contributed by atoms with van der Waals surface area (Å²) in [4.78, 5) is 6.30. The maximum absolute atomic E-state index is 5.21. The van der Waals surface area contributed by atoms with Crippen LogP contribution < -0.4 is 4.90 Å². The molecule has 8 heteroatoms. The summed E-state index contributed by atoms with van der Waals surface area (Å²) in [6.07, 6.45) is 2.34. The Labute approximate surface area is 115 Å². The first-order chi connectivity index (χ1) is 9.67. The molecular weight excluding hydrogens is 258 g/mol. The van der Waals surface area contributed by atoms with Gasteiger partial charge in [-0.15, -0.1) is 10.2 Å². The fraction of sp³-hybridized carbons (Fsp3) is 0.417. The first-order valence-electron chi connectivity index (χ1n) is 6.37. The van der Waals surface area contributed by atoms with Gasteiger partial charge in [0.15, 0.2) is 5.82 Å². The van der Waals surface area contributed by atoms with Crippen molar-refractivity contribution in [1.82, 2.24) is 30.0 Å². The summed E-state index contributed by atoms with van der Waals surface area (Å²) in [5.41, 5.74) is 2.51. The van der Waals surface area contributed by atoms with Crippen LogP contribution in [0.15, 0.2) is 16.9 Å². The van der Waals surface area contributed by atoms with Gasteiger partial charge < -0.3 is 9.42 Å². The third-order valence-electron chi connectivity index (χ3n) is 2.98. The van der Waals surface area contributed by atoms with Crippen LogP contribution in [0.3, 0.4) is 0 Å². The van der Waals surface area contributed by atoms with Crippen molar-refractivity contribution >= 4 is 11.3 Å². The van der Waals surface area contributed by atoms with E-state index in [1.54, 1.807) is 10.8 Å². The van der Waals surface area contributed by atoms with Gasteiger partial charge in [-0.05, 0) is 13.0 Å². The van der Waals surface area contributed by atoms with E-state index in [1.165, 1.54) is 0 Å². The normalized spacial score (nSPS) is 11.2. The zero-order chi connectivity index (χ0) is 14.1. The van der Waals surface area contributed by atoms with Gasteiger partial charge in [0.1, 0.15) is 6.33 Å². The van der Waals surface area contributed by atoms with Crippen LogP contribution in [0.4, 0.5) is 5.69 Å². The Balaban J connectivity index is 1.91. The summed E-state index contributed by atoms with van der Waals surface area (Å²) >= 11 is 0. The first kappa shape index (κ1) is 12.5. The minimum atomic E-state index is 0.513. The zero-order valence-corrected chi connectivity index (χ0v) is 11.6. The van der Waals surface area contributed by atoms with E-state index in [2.05, 4.69) is 25.4 Å². The molecule has 0 aliphatic rings. The second-order valence-electron chi connectivity index (χ2n) is 4.58. The molecule has 0 amide bonds. The van der Waals surface area contributed by atoms with Gasteiger partial charge in [-0.3, -0.25) is 0 Å². The van der Waals surface area contributed by atoms with E-state index in [9.17, 15) is 0 Å². The van der Waals surface area contributed by atoms with Crippen LogP contribution in [-0.4, -0.2) is 37.0 Å². The van der Waals surface area contributed by atoms with Gasteiger partial charge in [-0.1, -0.05) is 12.1 Å². The monoisotopic (exact) mass is 273 g/mol. The minimum absolute atomic E-state index is 0.513. The molecule has 0 atom stereocenters. The number of nitrogens with zero attached hydrogens (tertiary/aromatic N) is 7. The van der Waals surface area contributed by atoms with Crippen molar-refractivity contribution in [3.63, 3.8) is 0 Å². The van der Waals surface area contributed by atoms with E-state index in [1.807, 2.05) is 31.9 Å². The summed E-state index contributed by atoms with van der Waals surface area (Å²) in [6, 6.07) is 1.96. The predicted molar refractivity (Wildman–Crippen MR) is 71.3 cm³/mol. The maximum Gasteiger partial charge on any atom is 0.246 e. The molecule has 8 nitrogen and oxygen atoms in total. The number of fused-ring (bicyclic) bond motifs is 1. The van der Waals surface area contributed by atoms with E-state index in [-0.39, 0.29) is 0 Å². The van der Waals surface area contributed by atoms with Gasteiger partial charge in [0.2, 0.25) is 11.5 Å². The highest BCUT2D eigenvalue weighted by Gasteiger charge is 2.14. The van der Waals surface area contributed by atoms with E-state index < -0.39 is 0 Å². The van der Waals surface area contributed by atoms with Crippen molar-refractivity contribution in [3.05, 3.63) is 29.8 Å². The predicted octanol–water partition coefficient (Wildman–Crippen LogP) is 1.01. The molecular formula is C12H15N7O. The summed E-state index contributed by atoms with van der Waals surface area (Å²) in [7, 11) is 1.94. The molecule has 0 N–H and O–H groups in total. The largest absolute Gasteiger partial charge is 0.362 e. The lowest BCUT2D eigenvalue weighted by molar-refractivity contribution is 0.373. The SMILES string of the molecule is CCc1noc(CN(C)c2cc(C)nn3cnnc23)n1. The van der Waals surface area contributed by atoms with E-state index in [0.717, 1.165) is 17.8 Å². The van der Waals surface area contributed by atoms with Crippen molar-refractivity contribution < 1.29 is 4.52 Å². The van der Waals surface area contributed by atoms with Crippen LogP contribution in [0.25, 0.3) is 5.65 Å². The Morgan fingerprint density at radius 2 is 2.25 bits per heavy atom. The van der Waals surface area contributed by atoms with E-state index in [4.69, 9.17) is 4.52 Å². The standard InChI is InChI=1S/C12H15N7O/c1-4-10-14-11(20-17-10)6-18(3)9-5-8(2)16-19-7-13-15-12(9)19/h5,7H,4,6H2,1-3H3. The quantitative estimate of drug-likeness (QED) is 0.701. The number of aromatic nitrogens is 6. The fourth-order valence-electron chi connectivity index (χ4n) is 2.00. The number of anilines is 1. The van der Waals surface area contributed by atoms with Gasteiger partial charge in [0.25, 0.3) is 0 Å². The molecule has 0 aromatic carbocycles. The molecule has 3 heterocycles. The molecule has 0 saturated carbocycles. The van der Waals surface area contributed by atoms with E-state index >= 15 is 0 Å². The van der Waals surface area contributed by atoms with Crippen LogP contribution in [0.2, 0.25) is 0 Å². The Morgan fingerprint density at radius 3 is 3.00 bits per heavy atom. The van der Waals surface area contributed by atoms with Gasteiger partial charge in [-0.25, -0.2) is 0 Å². The van der Waals surface area contributed by atoms with Crippen LogP contribution in [0.5, 0.6) is 0 Å². The van der Waals surface area contributed by atoms with Crippen molar-refractivity contribution in [2.24, 2.45) is 0 Å². The Morgan fingerprint density at radius 1 is 1.40 bits per heavy atom. The average molecular weight is 273 g/mol. The average Bonchev–Trinajstić information content (AvgIpc) is 3.05. The Bertz CT molecular complexity index is 732. The van der Waals surface area contributed by atoms with Gasteiger partial charge in [0, 0.05) is 13.5 Å². The second kappa shape index (κ2) is 4.87. The summed E-state index contributed by atoms with van der Waals surface area (Å²) < 4.78 is 6.87. The molecule has 3 aromatic heterocycles. The summed E-state index contributed by atoms with van der Waals surface area (Å²) in [5, 5.41) is 16.2.